The highest BCUT2D eigenvalue weighted by Gasteiger charge is 2.18. The van der Waals surface area contributed by atoms with Crippen LogP contribution in [0, 0.1) is 0 Å². The minimum atomic E-state index is -3.17. The van der Waals surface area contributed by atoms with Gasteiger partial charge in [0, 0.05) is 17.7 Å². The summed E-state index contributed by atoms with van der Waals surface area (Å²) in [6.07, 6.45) is 0. The van der Waals surface area contributed by atoms with E-state index in [1.807, 2.05) is 0 Å². The zero-order valence-corrected chi connectivity index (χ0v) is 13.4. The smallest absolute Gasteiger partial charge is 0.299 e. The van der Waals surface area contributed by atoms with E-state index in [2.05, 4.69) is 4.18 Å². The van der Waals surface area contributed by atoms with Crippen LogP contribution in [0.15, 0.2) is 42.5 Å². The van der Waals surface area contributed by atoms with E-state index >= 15 is 0 Å². The number of methoxy groups -OCH3 is 1. The van der Waals surface area contributed by atoms with Crippen LogP contribution in [0.1, 0.15) is 15.9 Å². The molecule has 24 heavy (non-hydrogen) atoms. The van der Waals surface area contributed by atoms with Crippen LogP contribution in [0.25, 0.3) is 0 Å². The van der Waals surface area contributed by atoms with E-state index in [-0.39, 0.29) is 39.2 Å². The van der Waals surface area contributed by atoms with Crippen molar-refractivity contribution in [1.82, 2.24) is 0 Å². The normalized spacial score (nSPS) is 9.08. The van der Waals surface area contributed by atoms with E-state index < -0.39 is 16.8 Å². The monoisotopic (exact) mass is 362 g/mol. The second kappa shape index (κ2) is 10.2. The molecule has 0 aromatic heterocycles. The van der Waals surface area contributed by atoms with Crippen molar-refractivity contribution in [3.8, 4) is 17.2 Å². The summed E-state index contributed by atoms with van der Waals surface area (Å²) in [6, 6.07) is 10.5. The van der Waals surface area contributed by atoms with Crippen LogP contribution in [0.5, 0.6) is 17.2 Å². The molecule has 134 valence electrons. The molecule has 0 bridgehead atoms. The SMILES string of the molecule is COc1cc(O)c(C(=O)c2ccccc2)cc1O[SH](=O)=O.O.O.O. The molecule has 0 amide bonds. The van der Waals surface area contributed by atoms with E-state index in [1.165, 1.54) is 7.11 Å². The van der Waals surface area contributed by atoms with Crippen LogP contribution in [-0.4, -0.2) is 42.8 Å². The molecule has 0 saturated carbocycles. The van der Waals surface area contributed by atoms with E-state index in [9.17, 15) is 18.3 Å². The van der Waals surface area contributed by atoms with Gasteiger partial charge in [-0.25, -0.2) is 0 Å². The highest BCUT2D eigenvalue weighted by Crippen LogP contribution is 2.35. The molecule has 0 heterocycles. The van der Waals surface area contributed by atoms with Gasteiger partial charge in [0.2, 0.25) is 0 Å². The zero-order valence-electron chi connectivity index (χ0n) is 12.5. The number of thiol groups is 1. The Morgan fingerprint density at radius 3 is 2.08 bits per heavy atom. The largest absolute Gasteiger partial charge is 0.507 e. The second-order valence-electron chi connectivity index (χ2n) is 4.03. The average Bonchev–Trinajstić information content (AvgIpc) is 2.48. The van der Waals surface area contributed by atoms with Crippen molar-refractivity contribution in [2.24, 2.45) is 0 Å². The summed E-state index contributed by atoms with van der Waals surface area (Å²) in [4.78, 5) is 12.3. The molecule has 0 unspecified atom stereocenters. The van der Waals surface area contributed by atoms with Gasteiger partial charge in [0.15, 0.2) is 17.3 Å². The number of hydrogen-bond acceptors (Lipinski definition) is 6. The third kappa shape index (κ3) is 5.21. The molecular formula is C14H18O9S. The van der Waals surface area contributed by atoms with Crippen LogP contribution in [0.2, 0.25) is 0 Å². The standard InChI is InChI=1S/C14H12O6S.3H2O/c1-19-12-8-11(15)10(7-13(12)20-21(17)18)14(16)9-5-3-2-4-6-9;;;/h2-8,15,21H,1H3;3*1H2. The third-order valence-electron chi connectivity index (χ3n) is 2.74. The van der Waals surface area contributed by atoms with Crippen molar-refractivity contribution < 1.29 is 43.7 Å². The molecule has 0 aliphatic carbocycles. The molecule has 2 aromatic carbocycles. The van der Waals surface area contributed by atoms with Crippen molar-refractivity contribution in [3.63, 3.8) is 0 Å². The number of ether oxygens (including phenoxy) is 1. The molecule has 0 spiro atoms. The Morgan fingerprint density at radius 1 is 1.00 bits per heavy atom. The van der Waals surface area contributed by atoms with Gasteiger partial charge in [-0.1, -0.05) is 30.3 Å². The predicted molar refractivity (Wildman–Crippen MR) is 86.3 cm³/mol. The Hall–Kier alpha value is -2.66. The van der Waals surface area contributed by atoms with Crippen molar-refractivity contribution in [2.45, 2.75) is 0 Å². The van der Waals surface area contributed by atoms with Crippen LogP contribution >= 0.6 is 0 Å². The number of ketones is 1. The maximum atomic E-state index is 12.3. The van der Waals surface area contributed by atoms with Gasteiger partial charge in [-0.3, -0.25) is 4.79 Å². The summed E-state index contributed by atoms with van der Waals surface area (Å²) in [7, 11) is -1.88. The fraction of sp³-hybridized carbons (Fsp3) is 0.0714. The first-order valence-electron chi connectivity index (χ1n) is 5.86. The topological polar surface area (TPSA) is 184 Å². The predicted octanol–water partition coefficient (Wildman–Crippen LogP) is -0.937. The van der Waals surface area contributed by atoms with Gasteiger partial charge in [-0.05, 0) is 0 Å². The number of phenols is 1. The van der Waals surface area contributed by atoms with Gasteiger partial charge < -0.3 is 30.5 Å². The summed E-state index contributed by atoms with van der Waals surface area (Å²) in [6.45, 7) is 0. The minimum absolute atomic E-state index is 0. The molecule has 0 aliphatic rings. The van der Waals surface area contributed by atoms with Crippen molar-refractivity contribution in [2.75, 3.05) is 7.11 Å². The van der Waals surface area contributed by atoms with Gasteiger partial charge >= 0.3 is 0 Å². The highest BCUT2D eigenvalue weighted by atomic mass is 32.2. The minimum Gasteiger partial charge on any atom is -0.507 e. The first kappa shape index (κ1) is 23.6. The summed E-state index contributed by atoms with van der Waals surface area (Å²) in [5.41, 5.74) is 0.282. The molecular weight excluding hydrogens is 344 g/mol. The lowest BCUT2D eigenvalue weighted by molar-refractivity contribution is 0.103. The molecule has 10 heteroatoms. The lowest BCUT2D eigenvalue weighted by Gasteiger charge is -2.10. The van der Waals surface area contributed by atoms with Gasteiger partial charge in [0.1, 0.15) is 5.75 Å². The molecule has 2 aromatic rings. The molecule has 9 nitrogen and oxygen atoms in total. The molecule has 0 atom stereocenters. The van der Waals surface area contributed by atoms with Crippen molar-refractivity contribution >= 4 is 16.8 Å². The Morgan fingerprint density at radius 2 is 1.58 bits per heavy atom. The van der Waals surface area contributed by atoms with Gasteiger partial charge in [0.05, 0.1) is 12.7 Å². The Labute approximate surface area is 139 Å². The summed E-state index contributed by atoms with van der Waals surface area (Å²) in [5, 5.41) is 9.91. The fourth-order valence-corrected chi connectivity index (χ4v) is 2.09. The number of carbonyl (C=O) groups is 1. The highest BCUT2D eigenvalue weighted by molar-refractivity contribution is 7.67. The van der Waals surface area contributed by atoms with Crippen molar-refractivity contribution in [1.29, 1.82) is 0 Å². The van der Waals surface area contributed by atoms with Crippen molar-refractivity contribution in [3.05, 3.63) is 53.6 Å². The summed E-state index contributed by atoms with van der Waals surface area (Å²) >= 11 is 0. The first-order chi connectivity index (χ1) is 10.0. The van der Waals surface area contributed by atoms with E-state index in [0.29, 0.717) is 5.56 Å². The summed E-state index contributed by atoms with van der Waals surface area (Å²) < 4.78 is 30.9. The second-order valence-corrected chi connectivity index (χ2v) is 4.66. The summed E-state index contributed by atoms with van der Waals surface area (Å²) in [5.74, 6) is -0.932. The van der Waals surface area contributed by atoms with E-state index in [4.69, 9.17) is 4.74 Å². The number of hydrogen-bond donors (Lipinski definition) is 2. The lowest BCUT2D eigenvalue weighted by atomic mass is 10.0. The van der Waals surface area contributed by atoms with Crippen LogP contribution < -0.4 is 8.92 Å². The number of rotatable bonds is 5. The van der Waals surface area contributed by atoms with Gasteiger partial charge in [0.25, 0.3) is 11.0 Å². The molecule has 0 radical (unpaired) electrons. The first-order valence-corrected chi connectivity index (χ1v) is 6.95. The molecule has 0 aliphatic heterocycles. The van der Waals surface area contributed by atoms with Gasteiger partial charge in [-0.2, -0.15) is 8.42 Å². The van der Waals surface area contributed by atoms with Crippen LogP contribution in [-0.2, 0) is 11.0 Å². The lowest BCUT2D eigenvalue weighted by Crippen LogP contribution is -2.03. The van der Waals surface area contributed by atoms with Crippen LogP contribution in [0.4, 0.5) is 0 Å². The number of carbonyl (C=O) groups excluding carboxylic acids is 1. The number of benzene rings is 2. The zero-order chi connectivity index (χ0) is 15.4. The molecule has 7 N–H and O–H groups in total. The van der Waals surface area contributed by atoms with E-state index in [1.54, 1.807) is 30.3 Å². The number of phenolic OH excluding ortho intramolecular Hbond substituents is 1. The maximum Gasteiger partial charge on any atom is 0.299 e. The molecule has 2 rings (SSSR count). The molecule has 0 saturated heterocycles. The Balaban J connectivity index is 0. The average molecular weight is 362 g/mol. The Bertz CT molecular complexity index is 733. The fourth-order valence-electron chi connectivity index (χ4n) is 1.79. The van der Waals surface area contributed by atoms with Gasteiger partial charge in [-0.15, -0.1) is 0 Å². The van der Waals surface area contributed by atoms with Crippen LogP contribution in [0.3, 0.4) is 0 Å². The number of aromatic hydroxyl groups is 1. The molecule has 0 fully saturated rings. The maximum absolute atomic E-state index is 12.3. The quantitative estimate of drug-likeness (QED) is 0.510. The third-order valence-corrected chi connectivity index (χ3v) is 3.08. The van der Waals surface area contributed by atoms with E-state index in [0.717, 1.165) is 12.1 Å². The Kier molecular flexibility index (Phi) is 10.0.